The zero-order valence-electron chi connectivity index (χ0n) is 9.60. The molecule has 0 atom stereocenters. The van der Waals surface area contributed by atoms with E-state index in [1.807, 2.05) is 18.2 Å². The second-order valence-corrected chi connectivity index (χ2v) is 5.82. The van der Waals surface area contributed by atoms with Crippen molar-refractivity contribution in [3.8, 4) is 0 Å². The number of aromatic nitrogens is 1. The lowest BCUT2D eigenvalue weighted by Gasteiger charge is -1.95. The summed E-state index contributed by atoms with van der Waals surface area (Å²) in [5.41, 5.74) is 6.59. The minimum absolute atomic E-state index is 0.274. The van der Waals surface area contributed by atoms with Crippen LogP contribution in [0.4, 0.5) is 5.13 Å². The van der Waals surface area contributed by atoms with Gasteiger partial charge >= 0.3 is 5.97 Å². The van der Waals surface area contributed by atoms with E-state index in [1.54, 1.807) is 6.92 Å². The molecule has 6 heteroatoms. The Bertz CT molecular complexity index is 745. The molecular weight excluding hydrogens is 268 g/mol. The van der Waals surface area contributed by atoms with Crippen molar-refractivity contribution in [3.63, 3.8) is 0 Å². The summed E-state index contributed by atoms with van der Waals surface area (Å²) < 4.78 is 7.08. The third kappa shape index (κ3) is 1.74. The Kier molecular flexibility index (Phi) is 2.68. The van der Waals surface area contributed by atoms with Gasteiger partial charge in [0.1, 0.15) is 4.88 Å². The molecule has 0 saturated heterocycles. The van der Waals surface area contributed by atoms with Crippen molar-refractivity contribution in [2.45, 2.75) is 6.92 Å². The van der Waals surface area contributed by atoms with E-state index in [2.05, 4.69) is 4.98 Å². The lowest BCUT2D eigenvalue weighted by Crippen LogP contribution is -2.01. The number of thiophene rings is 1. The predicted octanol–water partition coefficient (Wildman–Crippen LogP) is 3.27. The molecule has 92 valence electrons. The number of nitrogens with zero attached hydrogens (tertiary/aromatic N) is 1. The second kappa shape index (κ2) is 4.22. The van der Waals surface area contributed by atoms with Crippen molar-refractivity contribution in [1.29, 1.82) is 0 Å². The molecule has 0 fully saturated rings. The molecule has 0 saturated carbocycles. The fourth-order valence-corrected chi connectivity index (χ4v) is 3.70. The normalized spacial score (nSPS) is 11.2. The molecule has 2 heterocycles. The summed E-state index contributed by atoms with van der Waals surface area (Å²) in [6.45, 7) is 2.18. The Morgan fingerprint density at radius 1 is 1.44 bits per heavy atom. The standard InChI is InChI=1S/C12H10N2O2S2/c1-2-16-11(15)9-5-6-8(17-9)4-3-7-10(6)18-12(13)14-7/h3-5H,2H2,1H3,(H2,13,14). The van der Waals surface area contributed by atoms with Crippen LogP contribution < -0.4 is 5.73 Å². The summed E-state index contributed by atoms with van der Waals surface area (Å²) in [7, 11) is 0. The summed E-state index contributed by atoms with van der Waals surface area (Å²) in [6, 6.07) is 5.75. The Labute approximate surface area is 111 Å². The Morgan fingerprint density at radius 2 is 2.28 bits per heavy atom. The van der Waals surface area contributed by atoms with E-state index in [9.17, 15) is 4.79 Å². The van der Waals surface area contributed by atoms with E-state index < -0.39 is 0 Å². The molecule has 0 bridgehead atoms. The number of nitrogens with two attached hydrogens (primary N) is 1. The molecule has 0 aliphatic carbocycles. The largest absolute Gasteiger partial charge is 0.462 e. The highest BCUT2D eigenvalue weighted by Crippen LogP contribution is 2.36. The molecule has 3 rings (SSSR count). The molecule has 0 unspecified atom stereocenters. The van der Waals surface area contributed by atoms with Gasteiger partial charge in [0.05, 0.1) is 16.8 Å². The number of anilines is 1. The van der Waals surface area contributed by atoms with Crippen molar-refractivity contribution >= 4 is 54.1 Å². The number of carbonyl (C=O) groups is 1. The van der Waals surface area contributed by atoms with E-state index in [4.69, 9.17) is 10.5 Å². The molecule has 1 aromatic carbocycles. The topological polar surface area (TPSA) is 65.2 Å². The number of thiazole rings is 1. The van der Waals surface area contributed by atoms with Crippen LogP contribution in [-0.2, 0) is 4.74 Å². The van der Waals surface area contributed by atoms with Crippen molar-refractivity contribution < 1.29 is 9.53 Å². The number of hydrogen-bond acceptors (Lipinski definition) is 6. The molecule has 4 nitrogen and oxygen atoms in total. The zero-order valence-corrected chi connectivity index (χ0v) is 11.2. The van der Waals surface area contributed by atoms with Gasteiger partial charge in [-0.1, -0.05) is 11.3 Å². The number of esters is 1. The summed E-state index contributed by atoms with van der Waals surface area (Å²) in [6.07, 6.45) is 0. The summed E-state index contributed by atoms with van der Waals surface area (Å²) in [4.78, 5) is 16.6. The predicted molar refractivity (Wildman–Crippen MR) is 75.4 cm³/mol. The second-order valence-electron chi connectivity index (χ2n) is 3.71. The first kappa shape index (κ1) is 11.4. The molecule has 0 aliphatic rings. The molecule has 0 aliphatic heterocycles. The maximum absolute atomic E-state index is 11.7. The van der Waals surface area contributed by atoms with Crippen LogP contribution in [0.3, 0.4) is 0 Å². The first-order chi connectivity index (χ1) is 8.69. The van der Waals surface area contributed by atoms with Gasteiger partial charge in [-0.2, -0.15) is 0 Å². The highest BCUT2D eigenvalue weighted by molar-refractivity contribution is 7.25. The lowest BCUT2D eigenvalue weighted by molar-refractivity contribution is 0.0532. The summed E-state index contributed by atoms with van der Waals surface area (Å²) in [5.74, 6) is -0.274. The molecule has 0 radical (unpaired) electrons. The molecule has 2 aromatic heterocycles. The minimum Gasteiger partial charge on any atom is -0.462 e. The van der Waals surface area contributed by atoms with Crippen LogP contribution in [0.25, 0.3) is 20.3 Å². The molecule has 18 heavy (non-hydrogen) atoms. The van der Waals surface area contributed by atoms with Gasteiger partial charge in [0.25, 0.3) is 0 Å². The number of fused-ring (bicyclic) bond motifs is 3. The summed E-state index contributed by atoms with van der Waals surface area (Å²) >= 11 is 2.87. The van der Waals surface area contributed by atoms with E-state index in [1.165, 1.54) is 22.7 Å². The average molecular weight is 278 g/mol. The molecular formula is C12H10N2O2S2. The number of carbonyl (C=O) groups excluding carboxylic acids is 1. The number of nitrogen functional groups attached to an aromatic ring is 1. The monoisotopic (exact) mass is 278 g/mol. The minimum atomic E-state index is -0.274. The highest BCUT2D eigenvalue weighted by atomic mass is 32.1. The highest BCUT2D eigenvalue weighted by Gasteiger charge is 2.14. The van der Waals surface area contributed by atoms with E-state index in [0.717, 1.165) is 20.3 Å². The van der Waals surface area contributed by atoms with Crippen LogP contribution in [0.2, 0.25) is 0 Å². The van der Waals surface area contributed by atoms with Gasteiger partial charge in [-0.15, -0.1) is 11.3 Å². The Hall–Kier alpha value is -1.66. The van der Waals surface area contributed by atoms with Crippen molar-refractivity contribution in [2.24, 2.45) is 0 Å². The molecule has 3 aromatic rings. The maximum atomic E-state index is 11.7. The van der Waals surface area contributed by atoms with Crippen molar-refractivity contribution in [2.75, 3.05) is 12.3 Å². The summed E-state index contributed by atoms with van der Waals surface area (Å²) in [5, 5.41) is 1.57. The van der Waals surface area contributed by atoms with Gasteiger partial charge in [-0.05, 0) is 25.1 Å². The average Bonchev–Trinajstić information content (AvgIpc) is 2.90. The lowest BCUT2D eigenvalue weighted by atomic mass is 10.2. The first-order valence-corrected chi connectivity index (χ1v) is 7.08. The van der Waals surface area contributed by atoms with Crippen LogP contribution in [0.5, 0.6) is 0 Å². The van der Waals surface area contributed by atoms with Crippen LogP contribution >= 0.6 is 22.7 Å². The number of ether oxygens (including phenoxy) is 1. The first-order valence-electron chi connectivity index (χ1n) is 5.44. The Morgan fingerprint density at radius 3 is 3.06 bits per heavy atom. The van der Waals surface area contributed by atoms with Gasteiger partial charge < -0.3 is 10.5 Å². The SMILES string of the molecule is CCOC(=O)c1cc2c(ccc3nc(N)sc32)s1. The van der Waals surface area contributed by atoms with Crippen LogP contribution in [-0.4, -0.2) is 17.6 Å². The van der Waals surface area contributed by atoms with Gasteiger partial charge in [0.2, 0.25) is 0 Å². The van der Waals surface area contributed by atoms with E-state index in [-0.39, 0.29) is 5.97 Å². The van der Waals surface area contributed by atoms with E-state index in [0.29, 0.717) is 16.6 Å². The van der Waals surface area contributed by atoms with Crippen LogP contribution in [0.1, 0.15) is 16.6 Å². The maximum Gasteiger partial charge on any atom is 0.348 e. The molecule has 0 spiro atoms. The molecule has 2 N–H and O–H groups in total. The van der Waals surface area contributed by atoms with Gasteiger partial charge in [-0.3, -0.25) is 0 Å². The van der Waals surface area contributed by atoms with Gasteiger partial charge in [0.15, 0.2) is 5.13 Å². The number of rotatable bonds is 2. The fraction of sp³-hybridized carbons (Fsp3) is 0.167. The number of benzene rings is 1. The smallest absolute Gasteiger partial charge is 0.348 e. The van der Waals surface area contributed by atoms with Crippen molar-refractivity contribution in [3.05, 3.63) is 23.1 Å². The van der Waals surface area contributed by atoms with E-state index >= 15 is 0 Å². The van der Waals surface area contributed by atoms with Crippen LogP contribution in [0.15, 0.2) is 18.2 Å². The Balaban J connectivity index is 2.22. The number of hydrogen-bond donors (Lipinski definition) is 1. The quantitative estimate of drug-likeness (QED) is 0.731. The fourth-order valence-electron chi connectivity index (χ4n) is 1.82. The van der Waals surface area contributed by atoms with Gasteiger partial charge in [-0.25, -0.2) is 9.78 Å². The van der Waals surface area contributed by atoms with Gasteiger partial charge in [0, 0.05) is 10.1 Å². The molecule has 0 amide bonds. The van der Waals surface area contributed by atoms with Crippen molar-refractivity contribution in [1.82, 2.24) is 4.98 Å². The zero-order chi connectivity index (χ0) is 12.7. The third-order valence-electron chi connectivity index (χ3n) is 2.54. The third-order valence-corrected chi connectivity index (χ3v) is 4.56. The van der Waals surface area contributed by atoms with Crippen LogP contribution in [0, 0.1) is 0 Å².